The standard InChI is InChI=1S/C18H21N3O3S/c1-12-11-17-16(7-10-25-17)13(2)20(12)9-8-19-18(22)14-3-5-15(6-4-14)21(23)24/h3-7,10,12-13H,8-9,11H2,1-2H3,(H,19,22)/t12-,13-/m1/s1. The van der Waals surface area contributed by atoms with E-state index in [-0.39, 0.29) is 11.6 Å². The molecule has 1 aromatic carbocycles. The molecule has 2 atom stereocenters. The van der Waals surface area contributed by atoms with Crippen LogP contribution in [0.15, 0.2) is 35.7 Å². The third-order valence-electron chi connectivity index (χ3n) is 4.77. The summed E-state index contributed by atoms with van der Waals surface area (Å²) in [6.07, 6.45) is 1.05. The third kappa shape index (κ3) is 3.72. The predicted molar refractivity (Wildman–Crippen MR) is 98.0 cm³/mol. The average molecular weight is 359 g/mol. The van der Waals surface area contributed by atoms with Crippen molar-refractivity contribution >= 4 is 22.9 Å². The topological polar surface area (TPSA) is 75.5 Å². The van der Waals surface area contributed by atoms with Crippen molar-refractivity contribution < 1.29 is 9.72 Å². The van der Waals surface area contributed by atoms with Crippen molar-refractivity contribution in [1.82, 2.24) is 10.2 Å². The number of nitrogens with one attached hydrogen (secondary N) is 1. The van der Waals surface area contributed by atoms with E-state index in [1.165, 1.54) is 34.7 Å². The van der Waals surface area contributed by atoms with E-state index in [9.17, 15) is 14.9 Å². The van der Waals surface area contributed by atoms with E-state index >= 15 is 0 Å². The molecule has 6 nitrogen and oxygen atoms in total. The lowest BCUT2D eigenvalue weighted by molar-refractivity contribution is -0.384. The van der Waals surface area contributed by atoms with E-state index < -0.39 is 4.92 Å². The summed E-state index contributed by atoms with van der Waals surface area (Å²) in [6, 6.07) is 8.65. The first kappa shape index (κ1) is 17.6. The molecular weight excluding hydrogens is 338 g/mol. The fourth-order valence-corrected chi connectivity index (χ4v) is 4.47. The molecule has 2 heterocycles. The van der Waals surface area contributed by atoms with Crippen molar-refractivity contribution in [2.75, 3.05) is 13.1 Å². The molecule has 0 saturated carbocycles. The van der Waals surface area contributed by atoms with Gasteiger partial charge in [0.05, 0.1) is 4.92 Å². The molecule has 0 spiro atoms. The summed E-state index contributed by atoms with van der Waals surface area (Å²) < 4.78 is 0. The lowest BCUT2D eigenvalue weighted by atomic mass is 9.96. The minimum Gasteiger partial charge on any atom is -0.351 e. The quantitative estimate of drug-likeness (QED) is 0.656. The molecule has 1 amide bonds. The van der Waals surface area contributed by atoms with Crippen LogP contribution in [0.4, 0.5) is 5.69 Å². The van der Waals surface area contributed by atoms with Crippen molar-refractivity contribution in [1.29, 1.82) is 0 Å². The minimum atomic E-state index is -0.473. The second-order valence-corrected chi connectivity index (χ2v) is 7.33. The fraction of sp³-hybridized carbons (Fsp3) is 0.389. The molecule has 0 fully saturated rings. The number of nitro benzene ring substituents is 1. The lowest BCUT2D eigenvalue weighted by Crippen LogP contribution is -2.44. The minimum absolute atomic E-state index is 0.0147. The highest BCUT2D eigenvalue weighted by atomic mass is 32.1. The summed E-state index contributed by atoms with van der Waals surface area (Å²) in [5.74, 6) is -0.205. The van der Waals surface area contributed by atoms with Crippen LogP contribution in [-0.4, -0.2) is 34.9 Å². The van der Waals surface area contributed by atoms with Gasteiger partial charge >= 0.3 is 0 Å². The molecule has 0 saturated heterocycles. The average Bonchev–Trinajstić information content (AvgIpc) is 3.06. The van der Waals surface area contributed by atoms with Gasteiger partial charge < -0.3 is 5.32 Å². The van der Waals surface area contributed by atoms with Crippen molar-refractivity contribution in [2.45, 2.75) is 32.4 Å². The first-order chi connectivity index (χ1) is 12.0. The Labute approximate surface area is 150 Å². The first-order valence-electron chi connectivity index (χ1n) is 8.32. The van der Waals surface area contributed by atoms with Crippen LogP contribution in [0, 0.1) is 10.1 Å². The second kappa shape index (κ2) is 7.33. The first-order valence-corrected chi connectivity index (χ1v) is 9.20. The number of fused-ring (bicyclic) bond motifs is 1. The van der Waals surface area contributed by atoms with Crippen LogP contribution >= 0.6 is 11.3 Å². The zero-order valence-electron chi connectivity index (χ0n) is 14.3. The maximum atomic E-state index is 12.2. The van der Waals surface area contributed by atoms with Crippen LogP contribution in [0.3, 0.4) is 0 Å². The summed E-state index contributed by atoms with van der Waals surface area (Å²) in [4.78, 5) is 26.2. The summed E-state index contributed by atoms with van der Waals surface area (Å²) in [6.45, 7) is 5.75. The number of thiophene rings is 1. The van der Waals surface area contributed by atoms with E-state index in [4.69, 9.17) is 0 Å². The fourth-order valence-electron chi connectivity index (χ4n) is 3.38. The summed E-state index contributed by atoms with van der Waals surface area (Å²) in [5, 5.41) is 15.7. The number of hydrogen-bond acceptors (Lipinski definition) is 5. The number of benzene rings is 1. The number of carbonyl (C=O) groups is 1. The molecule has 1 aromatic heterocycles. The van der Waals surface area contributed by atoms with Crippen LogP contribution in [0.1, 0.15) is 40.7 Å². The van der Waals surface area contributed by atoms with E-state index in [0.29, 0.717) is 24.2 Å². The Morgan fingerprint density at radius 2 is 2.04 bits per heavy atom. The molecular formula is C18H21N3O3S. The Kier molecular flexibility index (Phi) is 5.15. The Bertz CT molecular complexity index is 772. The number of rotatable bonds is 5. The van der Waals surface area contributed by atoms with Gasteiger partial charge in [0.15, 0.2) is 0 Å². The Hall–Kier alpha value is -2.25. The van der Waals surface area contributed by atoms with Gasteiger partial charge in [-0.05, 0) is 49.4 Å². The molecule has 0 unspecified atom stereocenters. The van der Waals surface area contributed by atoms with E-state index in [1.54, 1.807) is 0 Å². The third-order valence-corrected chi connectivity index (χ3v) is 5.73. The smallest absolute Gasteiger partial charge is 0.269 e. The Morgan fingerprint density at radius 3 is 2.72 bits per heavy atom. The Balaban J connectivity index is 1.55. The van der Waals surface area contributed by atoms with Gasteiger partial charge in [-0.1, -0.05) is 0 Å². The van der Waals surface area contributed by atoms with Crippen LogP contribution in [0.25, 0.3) is 0 Å². The normalized spacial score (nSPS) is 20.1. The second-order valence-electron chi connectivity index (χ2n) is 6.33. The maximum absolute atomic E-state index is 12.2. The van der Waals surface area contributed by atoms with Gasteiger partial charge in [0, 0.05) is 47.7 Å². The monoisotopic (exact) mass is 359 g/mol. The van der Waals surface area contributed by atoms with Crippen LogP contribution in [0.2, 0.25) is 0 Å². The zero-order chi connectivity index (χ0) is 18.0. The summed E-state index contributed by atoms with van der Waals surface area (Å²) in [7, 11) is 0. The van der Waals surface area contributed by atoms with Crippen LogP contribution in [-0.2, 0) is 6.42 Å². The van der Waals surface area contributed by atoms with Crippen LogP contribution < -0.4 is 5.32 Å². The number of carbonyl (C=O) groups excluding carboxylic acids is 1. The number of amides is 1. The molecule has 1 aliphatic rings. The van der Waals surface area contributed by atoms with Crippen molar-refractivity contribution in [2.24, 2.45) is 0 Å². The Morgan fingerprint density at radius 1 is 1.32 bits per heavy atom. The van der Waals surface area contributed by atoms with Gasteiger partial charge in [-0.3, -0.25) is 19.8 Å². The van der Waals surface area contributed by atoms with E-state index in [1.807, 2.05) is 11.3 Å². The van der Waals surface area contributed by atoms with Crippen LogP contribution in [0.5, 0.6) is 0 Å². The lowest BCUT2D eigenvalue weighted by Gasteiger charge is -2.39. The number of non-ortho nitro benzene ring substituents is 1. The van der Waals surface area contributed by atoms with Gasteiger partial charge in [-0.2, -0.15) is 0 Å². The van der Waals surface area contributed by atoms with Crippen molar-refractivity contribution in [3.8, 4) is 0 Å². The van der Waals surface area contributed by atoms with Gasteiger partial charge in [0.2, 0.25) is 0 Å². The molecule has 0 bridgehead atoms. The molecule has 0 radical (unpaired) electrons. The van der Waals surface area contributed by atoms with Gasteiger partial charge in [-0.15, -0.1) is 11.3 Å². The SMILES string of the molecule is C[C@@H]1Cc2sccc2[C@@H](C)N1CCNC(=O)c1ccc([N+](=O)[O-])cc1. The predicted octanol–water partition coefficient (Wildman–Crippen LogP) is 3.39. The van der Waals surface area contributed by atoms with E-state index in [2.05, 4.69) is 35.5 Å². The summed E-state index contributed by atoms with van der Waals surface area (Å²) in [5.41, 5.74) is 1.81. The van der Waals surface area contributed by atoms with E-state index in [0.717, 1.165) is 13.0 Å². The summed E-state index contributed by atoms with van der Waals surface area (Å²) >= 11 is 1.82. The highest BCUT2D eigenvalue weighted by molar-refractivity contribution is 7.10. The zero-order valence-corrected chi connectivity index (χ0v) is 15.1. The van der Waals surface area contributed by atoms with Gasteiger partial charge in [0.25, 0.3) is 11.6 Å². The van der Waals surface area contributed by atoms with Gasteiger partial charge in [-0.25, -0.2) is 0 Å². The van der Waals surface area contributed by atoms with Gasteiger partial charge in [0.1, 0.15) is 0 Å². The number of nitro groups is 1. The molecule has 1 aliphatic heterocycles. The molecule has 25 heavy (non-hydrogen) atoms. The molecule has 7 heteroatoms. The number of nitrogens with zero attached hydrogens (tertiary/aromatic N) is 2. The van der Waals surface area contributed by atoms with Crippen molar-refractivity contribution in [3.05, 3.63) is 61.8 Å². The molecule has 132 valence electrons. The highest BCUT2D eigenvalue weighted by Crippen LogP contribution is 2.35. The largest absolute Gasteiger partial charge is 0.351 e. The molecule has 0 aliphatic carbocycles. The molecule has 1 N–H and O–H groups in total. The molecule has 3 rings (SSSR count). The number of hydrogen-bond donors (Lipinski definition) is 1. The maximum Gasteiger partial charge on any atom is 0.269 e. The highest BCUT2D eigenvalue weighted by Gasteiger charge is 2.29. The van der Waals surface area contributed by atoms with Crippen molar-refractivity contribution in [3.63, 3.8) is 0 Å². The molecule has 2 aromatic rings.